The van der Waals surface area contributed by atoms with E-state index in [1.165, 1.54) is 44.9 Å². The van der Waals surface area contributed by atoms with Crippen LogP contribution in [0.4, 0.5) is 0 Å². The molecule has 0 amide bonds. The first-order chi connectivity index (χ1) is 7.72. The van der Waals surface area contributed by atoms with E-state index in [4.69, 9.17) is 0 Å². The van der Waals surface area contributed by atoms with Gasteiger partial charge in [0.25, 0.3) is 0 Å². The van der Waals surface area contributed by atoms with Crippen molar-refractivity contribution in [1.82, 2.24) is 5.32 Å². The Morgan fingerprint density at radius 2 is 1.19 bits per heavy atom. The summed E-state index contributed by atoms with van der Waals surface area (Å²) in [7, 11) is 0. The zero-order chi connectivity index (χ0) is 11.1. The van der Waals surface area contributed by atoms with Crippen LogP contribution in [0.25, 0.3) is 0 Å². The van der Waals surface area contributed by atoms with Gasteiger partial charge >= 0.3 is 0 Å². The van der Waals surface area contributed by atoms with Crippen molar-refractivity contribution >= 4 is 0 Å². The summed E-state index contributed by atoms with van der Waals surface area (Å²) in [6, 6.07) is 1.76. The second-order valence-electron chi connectivity index (χ2n) is 6.97. The molecular weight excluding hydrogens is 194 g/mol. The lowest BCUT2D eigenvalue weighted by molar-refractivity contribution is 0.0655. The monoisotopic (exact) mass is 221 g/mol. The van der Waals surface area contributed by atoms with E-state index in [0.29, 0.717) is 0 Å². The van der Waals surface area contributed by atoms with Crippen LogP contribution in [0, 0.1) is 23.7 Å². The molecule has 3 aliphatic rings. The molecule has 1 heterocycles. The van der Waals surface area contributed by atoms with E-state index in [1.54, 1.807) is 0 Å². The van der Waals surface area contributed by atoms with Gasteiger partial charge in [-0.3, -0.25) is 0 Å². The summed E-state index contributed by atoms with van der Waals surface area (Å²) in [5.41, 5.74) is 0. The molecule has 2 saturated carbocycles. The Morgan fingerprint density at radius 3 is 1.69 bits per heavy atom. The first kappa shape index (κ1) is 11.1. The third-order valence-electron chi connectivity index (χ3n) is 5.52. The molecule has 16 heavy (non-hydrogen) atoms. The van der Waals surface area contributed by atoms with Crippen molar-refractivity contribution in [2.24, 2.45) is 23.7 Å². The van der Waals surface area contributed by atoms with E-state index in [2.05, 4.69) is 19.2 Å². The Kier molecular flexibility index (Phi) is 2.99. The number of fused-ring (bicyclic) bond motifs is 2. The Labute approximate surface area is 100 Å². The van der Waals surface area contributed by atoms with Crippen molar-refractivity contribution in [2.75, 3.05) is 0 Å². The molecule has 0 aromatic carbocycles. The Morgan fingerprint density at radius 1 is 0.688 bits per heavy atom. The maximum absolute atomic E-state index is 4.00. The maximum Gasteiger partial charge on any atom is 0.00983 e. The lowest BCUT2D eigenvalue weighted by Gasteiger charge is -2.49. The quantitative estimate of drug-likeness (QED) is 0.659. The van der Waals surface area contributed by atoms with Gasteiger partial charge in [0.1, 0.15) is 0 Å². The fraction of sp³-hybridized carbons (Fsp3) is 1.00. The minimum absolute atomic E-state index is 0.880. The average molecular weight is 221 g/mol. The van der Waals surface area contributed by atoms with Crippen molar-refractivity contribution in [3.63, 3.8) is 0 Å². The number of rotatable bonds is 0. The summed E-state index contributed by atoms with van der Waals surface area (Å²) >= 11 is 0. The van der Waals surface area contributed by atoms with E-state index in [9.17, 15) is 0 Å². The highest BCUT2D eigenvalue weighted by Crippen LogP contribution is 2.42. The third-order valence-corrected chi connectivity index (χ3v) is 5.52. The van der Waals surface area contributed by atoms with E-state index < -0.39 is 0 Å². The first-order valence-corrected chi connectivity index (χ1v) is 7.48. The number of hydrogen-bond donors (Lipinski definition) is 1. The molecule has 1 N–H and O–H groups in total. The molecule has 6 atom stereocenters. The predicted octanol–water partition coefficient (Wildman–Crippen LogP) is 3.59. The topological polar surface area (TPSA) is 12.0 Å². The second-order valence-corrected chi connectivity index (χ2v) is 6.97. The van der Waals surface area contributed by atoms with E-state index in [0.717, 1.165) is 35.8 Å². The van der Waals surface area contributed by atoms with Gasteiger partial charge in [-0.25, -0.2) is 0 Å². The third kappa shape index (κ3) is 2.03. The largest absolute Gasteiger partial charge is 0.311 e. The van der Waals surface area contributed by atoms with Crippen molar-refractivity contribution < 1.29 is 0 Å². The van der Waals surface area contributed by atoms with Gasteiger partial charge in [-0.05, 0) is 68.6 Å². The lowest BCUT2D eigenvalue weighted by Crippen LogP contribution is -2.55. The fourth-order valence-electron chi connectivity index (χ4n) is 4.62. The molecule has 1 nitrogen and oxygen atoms in total. The van der Waals surface area contributed by atoms with Crippen LogP contribution < -0.4 is 5.32 Å². The van der Waals surface area contributed by atoms with Crippen LogP contribution in [0.3, 0.4) is 0 Å². The van der Waals surface area contributed by atoms with Crippen molar-refractivity contribution in [3.05, 3.63) is 0 Å². The number of piperidine rings is 1. The molecule has 0 aromatic rings. The summed E-state index contributed by atoms with van der Waals surface area (Å²) in [6.45, 7) is 4.90. The summed E-state index contributed by atoms with van der Waals surface area (Å²) in [5.74, 6) is 3.99. The normalized spacial score (nSPS) is 52.9. The highest BCUT2D eigenvalue weighted by molar-refractivity contribution is 4.96. The lowest BCUT2D eigenvalue weighted by atomic mass is 9.66. The molecule has 1 aliphatic heterocycles. The van der Waals surface area contributed by atoms with Crippen LogP contribution in [0.5, 0.6) is 0 Å². The van der Waals surface area contributed by atoms with Crippen LogP contribution in [-0.4, -0.2) is 12.1 Å². The molecule has 0 aromatic heterocycles. The van der Waals surface area contributed by atoms with E-state index in [1.807, 2.05) is 0 Å². The molecule has 0 radical (unpaired) electrons. The van der Waals surface area contributed by atoms with Gasteiger partial charge in [-0.15, -0.1) is 0 Å². The number of hydrogen-bond acceptors (Lipinski definition) is 1. The van der Waals surface area contributed by atoms with Crippen LogP contribution in [0.15, 0.2) is 0 Å². The van der Waals surface area contributed by atoms with Gasteiger partial charge in [0, 0.05) is 12.1 Å². The zero-order valence-electron chi connectivity index (χ0n) is 10.9. The Balaban J connectivity index is 1.67. The van der Waals surface area contributed by atoms with Gasteiger partial charge in [-0.1, -0.05) is 13.8 Å². The summed E-state index contributed by atoms with van der Waals surface area (Å²) < 4.78 is 0. The number of nitrogens with one attached hydrogen (secondary N) is 1. The van der Waals surface area contributed by atoms with Crippen LogP contribution in [-0.2, 0) is 0 Å². The van der Waals surface area contributed by atoms with Gasteiger partial charge in [0.2, 0.25) is 0 Å². The second kappa shape index (κ2) is 4.33. The first-order valence-electron chi connectivity index (χ1n) is 7.48. The van der Waals surface area contributed by atoms with Crippen molar-refractivity contribution in [1.29, 1.82) is 0 Å². The Hall–Kier alpha value is -0.0400. The average Bonchev–Trinajstić information content (AvgIpc) is 2.26. The van der Waals surface area contributed by atoms with Crippen molar-refractivity contribution in [2.45, 2.75) is 70.9 Å². The zero-order valence-corrected chi connectivity index (χ0v) is 10.9. The highest BCUT2D eigenvalue weighted by Gasteiger charge is 2.40. The molecular formula is C15H27N. The van der Waals surface area contributed by atoms with Crippen LogP contribution in [0.1, 0.15) is 58.8 Å². The van der Waals surface area contributed by atoms with E-state index in [-0.39, 0.29) is 0 Å². The van der Waals surface area contributed by atoms with Gasteiger partial charge in [-0.2, -0.15) is 0 Å². The molecule has 0 bridgehead atoms. The van der Waals surface area contributed by atoms with Gasteiger partial charge < -0.3 is 5.32 Å². The van der Waals surface area contributed by atoms with E-state index >= 15 is 0 Å². The fourth-order valence-corrected chi connectivity index (χ4v) is 4.62. The minimum atomic E-state index is 0.880. The van der Waals surface area contributed by atoms with Gasteiger partial charge in [0.05, 0.1) is 0 Å². The summed E-state index contributed by atoms with van der Waals surface area (Å²) in [6.07, 6.45) is 10.3. The molecule has 92 valence electrons. The summed E-state index contributed by atoms with van der Waals surface area (Å²) in [4.78, 5) is 0. The Bertz CT molecular complexity index is 226. The van der Waals surface area contributed by atoms with Crippen LogP contribution >= 0.6 is 0 Å². The molecule has 2 aliphatic carbocycles. The highest BCUT2D eigenvalue weighted by atomic mass is 15.0. The molecule has 3 fully saturated rings. The minimum Gasteiger partial charge on any atom is -0.311 e. The molecule has 1 saturated heterocycles. The standard InChI is InChI=1S/C15H27N/c1-10-3-5-14-12(7-10)9-13-8-11(2)4-6-15(13)16-14/h10-16H,3-9H2,1-2H3. The summed E-state index contributed by atoms with van der Waals surface area (Å²) in [5, 5.41) is 4.00. The molecule has 1 heteroatoms. The SMILES string of the molecule is CC1CCC2NC3CCC(C)CC3CC2C1. The van der Waals surface area contributed by atoms with Gasteiger partial charge in [0.15, 0.2) is 0 Å². The molecule has 0 spiro atoms. The smallest absolute Gasteiger partial charge is 0.00983 e. The molecule has 6 unspecified atom stereocenters. The van der Waals surface area contributed by atoms with Crippen molar-refractivity contribution in [3.8, 4) is 0 Å². The molecule has 3 rings (SSSR count). The van der Waals surface area contributed by atoms with Crippen LogP contribution in [0.2, 0.25) is 0 Å². The predicted molar refractivity (Wildman–Crippen MR) is 68.3 cm³/mol. The maximum atomic E-state index is 4.00.